The van der Waals surface area contributed by atoms with E-state index in [4.69, 9.17) is 0 Å². The third kappa shape index (κ3) is 3.51. The number of piperazine rings is 1. The maximum atomic E-state index is 13.3. The van der Waals surface area contributed by atoms with Gasteiger partial charge in [-0.1, -0.05) is 0 Å². The molecule has 0 aliphatic carbocycles. The number of hydrogen-bond donors (Lipinski definition) is 1. The van der Waals surface area contributed by atoms with Gasteiger partial charge in [-0.3, -0.25) is 4.90 Å². The molecule has 2 nitrogen and oxygen atoms in total. The van der Waals surface area contributed by atoms with Gasteiger partial charge in [0.15, 0.2) is 0 Å². The van der Waals surface area contributed by atoms with Gasteiger partial charge in [0.1, 0.15) is 11.6 Å². The van der Waals surface area contributed by atoms with Crippen molar-refractivity contribution >= 4 is 0 Å². The Labute approximate surface area is 113 Å². The van der Waals surface area contributed by atoms with Crippen LogP contribution in [0.2, 0.25) is 0 Å². The highest BCUT2D eigenvalue weighted by molar-refractivity contribution is 5.18. The van der Waals surface area contributed by atoms with E-state index in [9.17, 15) is 8.78 Å². The number of rotatable bonds is 2. The predicted molar refractivity (Wildman–Crippen MR) is 72.9 cm³/mol. The number of nitrogens with zero attached hydrogens (tertiary/aromatic N) is 1. The van der Waals surface area contributed by atoms with E-state index >= 15 is 0 Å². The van der Waals surface area contributed by atoms with Crippen LogP contribution in [-0.2, 0) is 6.54 Å². The van der Waals surface area contributed by atoms with Gasteiger partial charge in [0.2, 0.25) is 0 Å². The minimum atomic E-state index is -0.512. The van der Waals surface area contributed by atoms with Crippen LogP contribution in [0.15, 0.2) is 18.2 Å². The summed E-state index contributed by atoms with van der Waals surface area (Å²) in [6, 6.07) is 3.73. The first-order valence-corrected chi connectivity index (χ1v) is 6.63. The van der Waals surface area contributed by atoms with E-state index in [2.05, 4.69) is 37.9 Å². The summed E-state index contributed by atoms with van der Waals surface area (Å²) in [6.07, 6.45) is 0. The molecule has 1 aromatic carbocycles. The number of benzene rings is 1. The van der Waals surface area contributed by atoms with Gasteiger partial charge >= 0.3 is 0 Å². The van der Waals surface area contributed by atoms with Crippen molar-refractivity contribution < 1.29 is 8.78 Å². The first-order chi connectivity index (χ1) is 8.68. The summed E-state index contributed by atoms with van der Waals surface area (Å²) in [5.74, 6) is -1.02. The van der Waals surface area contributed by atoms with E-state index in [-0.39, 0.29) is 11.1 Å². The van der Waals surface area contributed by atoms with Crippen LogP contribution in [0.25, 0.3) is 0 Å². The number of halogens is 2. The fraction of sp³-hybridized carbons (Fsp3) is 0.600. The van der Waals surface area contributed by atoms with Crippen LogP contribution in [0, 0.1) is 11.6 Å². The van der Waals surface area contributed by atoms with Gasteiger partial charge < -0.3 is 5.32 Å². The average Bonchev–Trinajstić information content (AvgIpc) is 2.22. The zero-order valence-corrected chi connectivity index (χ0v) is 12.1. The van der Waals surface area contributed by atoms with Crippen LogP contribution in [0.5, 0.6) is 0 Å². The first kappa shape index (κ1) is 14.4. The molecule has 1 heterocycles. The summed E-state index contributed by atoms with van der Waals surface area (Å²) in [5, 5.41) is 3.50. The molecule has 0 radical (unpaired) electrons. The summed E-state index contributed by atoms with van der Waals surface area (Å²) in [7, 11) is 0. The Bertz CT molecular complexity index is 449. The Morgan fingerprint density at radius 2 is 1.68 bits per heavy atom. The monoisotopic (exact) mass is 268 g/mol. The van der Waals surface area contributed by atoms with E-state index in [1.807, 2.05) is 0 Å². The molecule has 0 aromatic heterocycles. The van der Waals surface area contributed by atoms with Gasteiger partial charge in [0, 0.05) is 36.8 Å². The van der Waals surface area contributed by atoms with Gasteiger partial charge in [-0.25, -0.2) is 8.78 Å². The first-order valence-electron chi connectivity index (χ1n) is 6.63. The van der Waals surface area contributed by atoms with E-state index in [0.29, 0.717) is 12.1 Å². The largest absolute Gasteiger partial charge is 0.309 e. The lowest BCUT2D eigenvalue weighted by Crippen LogP contribution is -2.65. The second-order valence-corrected chi connectivity index (χ2v) is 6.68. The fourth-order valence-corrected chi connectivity index (χ4v) is 2.51. The highest BCUT2D eigenvalue weighted by atomic mass is 19.1. The number of hydrogen-bond acceptors (Lipinski definition) is 2. The van der Waals surface area contributed by atoms with Crippen molar-refractivity contribution in [3.8, 4) is 0 Å². The third-order valence-corrected chi connectivity index (χ3v) is 3.74. The summed E-state index contributed by atoms with van der Waals surface area (Å²) in [4.78, 5) is 2.28. The summed E-state index contributed by atoms with van der Waals surface area (Å²) < 4.78 is 26.5. The Hall–Kier alpha value is -1.00. The topological polar surface area (TPSA) is 15.3 Å². The van der Waals surface area contributed by atoms with Gasteiger partial charge in [-0.05, 0) is 45.4 Å². The zero-order chi connectivity index (χ0) is 14.3. The molecule has 19 heavy (non-hydrogen) atoms. The van der Waals surface area contributed by atoms with Gasteiger partial charge in [-0.2, -0.15) is 0 Å². The normalized spacial score (nSPS) is 22.4. The molecule has 0 saturated carbocycles. The molecule has 0 amide bonds. The standard InChI is InChI=1S/C15H22F2N2/c1-14(2)10-19(15(3,4)9-18-14)8-11-5-12(16)7-13(17)6-11/h5-7,18H,8-10H2,1-4H3. The van der Waals surface area contributed by atoms with Crippen LogP contribution in [0.3, 0.4) is 0 Å². The van der Waals surface area contributed by atoms with E-state index in [0.717, 1.165) is 19.2 Å². The van der Waals surface area contributed by atoms with Crippen molar-refractivity contribution in [2.24, 2.45) is 0 Å². The lowest BCUT2D eigenvalue weighted by molar-refractivity contribution is 0.0322. The SMILES string of the molecule is CC1(C)CN(Cc2cc(F)cc(F)c2)C(C)(C)CN1. The Balaban J connectivity index is 2.19. The van der Waals surface area contributed by atoms with Crippen LogP contribution in [0.4, 0.5) is 8.78 Å². The summed E-state index contributed by atoms with van der Waals surface area (Å²) in [5.41, 5.74) is 0.669. The predicted octanol–water partition coefficient (Wildman–Crippen LogP) is 2.93. The van der Waals surface area contributed by atoms with Crippen molar-refractivity contribution in [3.63, 3.8) is 0 Å². The van der Waals surface area contributed by atoms with Crippen LogP contribution in [0.1, 0.15) is 33.3 Å². The average molecular weight is 268 g/mol. The molecule has 1 N–H and O–H groups in total. The molecule has 1 aliphatic rings. The molecule has 1 saturated heterocycles. The van der Waals surface area contributed by atoms with Gasteiger partial charge in [-0.15, -0.1) is 0 Å². The summed E-state index contributed by atoms with van der Waals surface area (Å²) in [6.45, 7) is 10.8. The second kappa shape index (κ2) is 4.84. The molecular formula is C15H22F2N2. The van der Waals surface area contributed by atoms with E-state index in [1.54, 1.807) is 0 Å². The maximum Gasteiger partial charge on any atom is 0.126 e. The van der Waals surface area contributed by atoms with E-state index < -0.39 is 11.6 Å². The fourth-order valence-electron chi connectivity index (χ4n) is 2.51. The van der Waals surface area contributed by atoms with Crippen molar-refractivity contribution in [3.05, 3.63) is 35.4 Å². The quantitative estimate of drug-likeness (QED) is 0.887. The maximum absolute atomic E-state index is 13.3. The molecule has 106 valence electrons. The molecule has 0 spiro atoms. The highest BCUT2D eigenvalue weighted by Crippen LogP contribution is 2.25. The van der Waals surface area contributed by atoms with Crippen LogP contribution >= 0.6 is 0 Å². The number of nitrogens with one attached hydrogen (secondary N) is 1. The zero-order valence-electron chi connectivity index (χ0n) is 12.1. The van der Waals surface area contributed by atoms with Crippen molar-refractivity contribution in [2.75, 3.05) is 13.1 Å². The molecule has 0 atom stereocenters. The van der Waals surface area contributed by atoms with E-state index in [1.165, 1.54) is 12.1 Å². The molecule has 2 rings (SSSR count). The molecule has 1 aromatic rings. The molecule has 1 fully saturated rings. The van der Waals surface area contributed by atoms with Gasteiger partial charge in [0.25, 0.3) is 0 Å². The van der Waals surface area contributed by atoms with Crippen molar-refractivity contribution in [2.45, 2.75) is 45.3 Å². The molecular weight excluding hydrogens is 246 g/mol. The minimum absolute atomic E-state index is 0.0153. The third-order valence-electron chi connectivity index (χ3n) is 3.74. The van der Waals surface area contributed by atoms with Crippen molar-refractivity contribution in [1.82, 2.24) is 10.2 Å². The van der Waals surface area contributed by atoms with Crippen LogP contribution in [-0.4, -0.2) is 29.1 Å². The lowest BCUT2D eigenvalue weighted by Gasteiger charge is -2.49. The minimum Gasteiger partial charge on any atom is -0.309 e. The Kier molecular flexibility index (Phi) is 3.67. The van der Waals surface area contributed by atoms with Crippen molar-refractivity contribution in [1.29, 1.82) is 0 Å². The second-order valence-electron chi connectivity index (χ2n) is 6.68. The molecule has 1 aliphatic heterocycles. The van der Waals surface area contributed by atoms with Gasteiger partial charge in [0.05, 0.1) is 0 Å². The molecule has 0 bridgehead atoms. The molecule has 4 heteroatoms. The Morgan fingerprint density at radius 3 is 2.26 bits per heavy atom. The Morgan fingerprint density at radius 1 is 1.11 bits per heavy atom. The lowest BCUT2D eigenvalue weighted by atomic mass is 9.91. The molecule has 0 unspecified atom stereocenters. The van der Waals surface area contributed by atoms with Crippen LogP contribution < -0.4 is 5.32 Å². The smallest absolute Gasteiger partial charge is 0.126 e. The highest BCUT2D eigenvalue weighted by Gasteiger charge is 2.37. The summed E-state index contributed by atoms with van der Waals surface area (Å²) >= 11 is 0.